The molecule has 1 aromatic rings. The lowest BCUT2D eigenvalue weighted by Gasteiger charge is -2.05. The maximum atomic E-state index is 11.0. The van der Waals surface area contributed by atoms with Crippen molar-refractivity contribution < 1.29 is 9.53 Å². The van der Waals surface area contributed by atoms with Crippen LogP contribution in [-0.2, 0) is 22.4 Å². The van der Waals surface area contributed by atoms with E-state index in [-0.39, 0.29) is 5.97 Å². The number of hydrogen-bond acceptors (Lipinski definition) is 2. The first-order valence-electron chi connectivity index (χ1n) is 5.56. The molecule has 0 bridgehead atoms. The van der Waals surface area contributed by atoms with Gasteiger partial charge in [-0.15, -0.1) is 0 Å². The van der Waals surface area contributed by atoms with Gasteiger partial charge in [-0.25, -0.2) is 0 Å². The monoisotopic (exact) mass is 216 g/mol. The number of allylic oxidation sites excluding steroid dienone is 2. The number of aryl methyl sites for hydroxylation is 1. The molecule has 0 atom stereocenters. The Balaban J connectivity index is 2.06. The molecule has 2 nitrogen and oxygen atoms in total. The van der Waals surface area contributed by atoms with Crippen LogP contribution in [0, 0.1) is 0 Å². The maximum Gasteiger partial charge on any atom is 0.305 e. The number of rotatable bonds is 3. The zero-order valence-corrected chi connectivity index (χ0v) is 9.75. The molecule has 0 saturated carbocycles. The number of benzene rings is 1. The minimum absolute atomic E-state index is 0.144. The number of esters is 1. The zero-order chi connectivity index (χ0) is 11.5. The smallest absolute Gasteiger partial charge is 0.305 e. The molecule has 16 heavy (non-hydrogen) atoms. The summed E-state index contributed by atoms with van der Waals surface area (Å²) in [6.45, 7) is 2.14. The number of carbonyl (C=O) groups is 1. The number of methoxy groups -OCH3 is 1. The Bertz CT molecular complexity index is 444. The zero-order valence-electron chi connectivity index (χ0n) is 9.75. The predicted molar refractivity (Wildman–Crippen MR) is 64.1 cm³/mol. The van der Waals surface area contributed by atoms with E-state index in [4.69, 9.17) is 0 Å². The standard InChI is InChI=1S/C14H16O2/c1-10-3-6-12-9-11(4-7-13(10)12)5-8-14(15)16-2/h3-4,7,9H,5-6,8H2,1-2H3. The minimum Gasteiger partial charge on any atom is -0.469 e. The average molecular weight is 216 g/mol. The topological polar surface area (TPSA) is 26.3 Å². The summed E-state index contributed by atoms with van der Waals surface area (Å²) in [5, 5.41) is 0. The number of ether oxygens (including phenoxy) is 1. The molecule has 0 saturated heterocycles. The Morgan fingerprint density at radius 1 is 1.44 bits per heavy atom. The molecular formula is C14H16O2. The molecule has 2 rings (SSSR count). The van der Waals surface area contributed by atoms with Crippen molar-refractivity contribution in [3.8, 4) is 0 Å². The van der Waals surface area contributed by atoms with Crippen molar-refractivity contribution in [2.24, 2.45) is 0 Å². The molecule has 84 valence electrons. The first kappa shape index (κ1) is 10.9. The Morgan fingerprint density at radius 2 is 2.25 bits per heavy atom. The summed E-state index contributed by atoms with van der Waals surface area (Å²) in [5.74, 6) is -0.144. The molecule has 0 amide bonds. The molecule has 1 aliphatic carbocycles. The van der Waals surface area contributed by atoms with Gasteiger partial charge in [-0.3, -0.25) is 4.79 Å². The van der Waals surface area contributed by atoms with E-state index in [1.54, 1.807) is 0 Å². The summed E-state index contributed by atoms with van der Waals surface area (Å²) in [6, 6.07) is 6.45. The van der Waals surface area contributed by atoms with Gasteiger partial charge in [0.2, 0.25) is 0 Å². The summed E-state index contributed by atoms with van der Waals surface area (Å²) < 4.78 is 4.63. The van der Waals surface area contributed by atoms with Crippen LogP contribution < -0.4 is 0 Å². The highest BCUT2D eigenvalue weighted by molar-refractivity contribution is 5.72. The lowest BCUT2D eigenvalue weighted by atomic mass is 10.0. The van der Waals surface area contributed by atoms with Crippen molar-refractivity contribution in [3.05, 3.63) is 41.0 Å². The van der Waals surface area contributed by atoms with Crippen LogP contribution >= 0.6 is 0 Å². The fourth-order valence-corrected chi connectivity index (χ4v) is 2.08. The molecule has 0 fully saturated rings. The van der Waals surface area contributed by atoms with Crippen LogP contribution in [0.5, 0.6) is 0 Å². The van der Waals surface area contributed by atoms with Crippen molar-refractivity contribution in [1.82, 2.24) is 0 Å². The van der Waals surface area contributed by atoms with Gasteiger partial charge in [0.1, 0.15) is 0 Å². The van der Waals surface area contributed by atoms with Gasteiger partial charge in [-0.1, -0.05) is 24.3 Å². The molecule has 1 aliphatic rings. The second-order valence-corrected chi connectivity index (χ2v) is 4.16. The fraction of sp³-hybridized carbons (Fsp3) is 0.357. The largest absolute Gasteiger partial charge is 0.469 e. The van der Waals surface area contributed by atoms with Gasteiger partial charge in [0.05, 0.1) is 7.11 Å². The first-order valence-corrected chi connectivity index (χ1v) is 5.56. The van der Waals surface area contributed by atoms with E-state index >= 15 is 0 Å². The van der Waals surface area contributed by atoms with Gasteiger partial charge in [-0.2, -0.15) is 0 Å². The summed E-state index contributed by atoms with van der Waals surface area (Å²) in [7, 11) is 1.43. The lowest BCUT2D eigenvalue weighted by molar-refractivity contribution is -0.140. The molecule has 2 heteroatoms. The number of hydrogen-bond donors (Lipinski definition) is 0. The Hall–Kier alpha value is -1.57. The van der Waals surface area contributed by atoms with Gasteiger partial charge in [0.15, 0.2) is 0 Å². The van der Waals surface area contributed by atoms with E-state index in [2.05, 4.69) is 35.9 Å². The quantitative estimate of drug-likeness (QED) is 0.726. The second-order valence-electron chi connectivity index (χ2n) is 4.16. The van der Waals surface area contributed by atoms with E-state index in [0.29, 0.717) is 6.42 Å². The average Bonchev–Trinajstić information content (AvgIpc) is 2.67. The van der Waals surface area contributed by atoms with E-state index in [9.17, 15) is 4.79 Å². The third-order valence-electron chi connectivity index (χ3n) is 3.07. The molecule has 0 aromatic heterocycles. The van der Waals surface area contributed by atoms with E-state index in [0.717, 1.165) is 12.8 Å². The van der Waals surface area contributed by atoms with Crippen molar-refractivity contribution in [2.45, 2.75) is 26.2 Å². The normalized spacial score (nSPS) is 13.2. The fourth-order valence-electron chi connectivity index (χ4n) is 2.08. The Kier molecular flexibility index (Phi) is 3.09. The minimum atomic E-state index is -0.144. The van der Waals surface area contributed by atoms with Crippen molar-refractivity contribution in [3.63, 3.8) is 0 Å². The first-order chi connectivity index (χ1) is 7.70. The lowest BCUT2D eigenvalue weighted by Crippen LogP contribution is -2.02. The van der Waals surface area contributed by atoms with Crippen LogP contribution in [0.25, 0.3) is 5.57 Å². The maximum absolute atomic E-state index is 11.0. The highest BCUT2D eigenvalue weighted by atomic mass is 16.5. The van der Waals surface area contributed by atoms with Gasteiger partial charge in [0.25, 0.3) is 0 Å². The van der Waals surface area contributed by atoms with Crippen molar-refractivity contribution in [1.29, 1.82) is 0 Å². The van der Waals surface area contributed by atoms with Crippen LogP contribution in [-0.4, -0.2) is 13.1 Å². The highest BCUT2D eigenvalue weighted by Crippen LogP contribution is 2.27. The molecule has 0 aliphatic heterocycles. The third kappa shape index (κ3) is 2.16. The number of carbonyl (C=O) groups excluding carboxylic acids is 1. The summed E-state index contributed by atoms with van der Waals surface area (Å²) in [4.78, 5) is 11.0. The molecule has 0 radical (unpaired) electrons. The molecule has 0 unspecified atom stereocenters. The summed E-state index contributed by atoms with van der Waals surface area (Å²) in [5.41, 5.74) is 5.29. The molecule has 1 aromatic carbocycles. The molecule has 0 spiro atoms. The van der Waals surface area contributed by atoms with E-state index < -0.39 is 0 Å². The van der Waals surface area contributed by atoms with Crippen molar-refractivity contribution in [2.75, 3.05) is 7.11 Å². The number of fused-ring (bicyclic) bond motifs is 1. The Morgan fingerprint density at radius 3 is 3.00 bits per heavy atom. The van der Waals surface area contributed by atoms with Gasteiger partial charge >= 0.3 is 5.97 Å². The molecule has 0 N–H and O–H groups in total. The SMILES string of the molecule is COC(=O)CCc1ccc2c(c1)CC=C2C. The van der Waals surface area contributed by atoms with E-state index in [1.165, 1.54) is 29.4 Å². The van der Waals surface area contributed by atoms with Crippen LogP contribution in [0.2, 0.25) is 0 Å². The predicted octanol–water partition coefficient (Wildman–Crippen LogP) is 2.75. The molecular weight excluding hydrogens is 200 g/mol. The van der Waals surface area contributed by atoms with Crippen LogP contribution in [0.3, 0.4) is 0 Å². The summed E-state index contributed by atoms with van der Waals surface area (Å²) in [6.07, 6.45) is 4.49. The second kappa shape index (κ2) is 4.52. The van der Waals surface area contributed by atoms with Gasteiger partial charge < -0.3 is 4.74 Å². The Labute approximate surface area is 95.9 Å². The van der Waals surface area contributed by atoms with Crippen LogP contribution in [0.1, 0.15) is 30.0 Å². The van der Waals surface area contributed by atoms with E-state index in [1.807, 2.05) is 0 Å². The van der Waals surface area contributed by atoms with Crippen LogP contribution in [0.15, 0.2) is 24.3 Å². The van der Waals surface area contributed by atoms with Gasteiger partial charge in [0, 0.05) is 6.42 Å². The summed E-state index contributed by atoms with van der Waals surface area (Å²) >= 11 is 0. The molecule has 0 heterocycles. The third-order valence-corrected chi connectivity index (χ3v) is 3.07. The highest BCUT2D eigenvalue weighted by Gasteiger charge is 2.11. The van der Waals surface area contributed by atoms with Gasteiger partial charge in [-0.05, 0) is 42.0 Å². The van der Waals surface area contributed by atoms with Crippen molar-refractivity contribution >= 4 is 11.5 Å². The van der Waals surface area contributed by atoms with Crippen LogP contribution in [0.4, 0.5) is 0 Å².